The number of carbonyl (C=O) groups is 1. The minimum absolute atomic E-state index is 0.193. The molecule has 138 valence electrons. The molecule has 1 aromatic heterocycles. The summed E-state index contributed by atoms with van der Waals surface area (Å²) in [5.41, 5.74) is 6.24. The van der Waals surface area contributed by atoms with Crippen molar-refractivity contribution in [2.45, 2.75) is 26.7 Å². The van der Waals surface area contributed by atoms with Crippen LogP contribution in [0.2, 0.25) is 5.02 Å². The van der Waals surface area contributed by atoms with Crippen LogP contribution in [-0.4, -0.2) is 17.6 Å². The molecule has 0 aliphatic carbocycles. The highest BCUT2D eigenvalue weighted by molar-refractivity contribution is 6.30. The Morgan fingerprint density at radius 3 is 2.44 bits per heavy atom. The third kappa shape index (κ3) is 5.41. The van der Waals surface area contributed by atoms with Gasteiger partial charge in [-0.3, -0.25) is 9.78 Å². The lowest BCUT2D eigenvalue weighted by Crippen LogP contribution is -2.07. The van der Waals surface area contributed by atoms with Crippen LogP contribution in [0.5, 0.6) is 0 Å². The molecule has 3 nitrogen and oxygen atoms in total. The van der Waals surface area contributed by atoms with Crippen LogP contribution in [0.4, 0.5) is 0 Å². The molecule has 0 bridgehead atoms. The maximum absolute atomic E-state index is 11.6. The lowest BCUT2D eigenvalue weighted by Gasteiger charge is -2.09. The fourth-order valence-corrected chi connectivity index (χ4v) is 3.22. The van der Waals surface area contributed by atoms with Crippen molar-refractivity contribution in [2.24, 2.45) is 0 Å². The van der Waals surface area contributed by atoms with Crippen molar-refractivity contribution >= 4 is 17.6 Å². The summed E-state index contributed by atoms with van der Waals surface area (Å²) in [6.45, 7) is 4.22. The zero-order valence-electron chi connectivity index (χ0n) is 15.5. The van der Waals surface area contributed by atoms with E-state index in [2.05, 4.69) is 29.2 Å². The van der Waals surface area contributed by atoms with E-state index >= 15 is 0 Å². The minimum atomic E-state index is -0.193. The standard InChI is InChI=1S/C23H22ClNO2/c1-3-27-23(26)14-18-9-7-17(8-10-18)12-19-11-16(2)25-22(13-19)20-5-4-6-21(24)15-20/h4-11,13,15H,3,12,14H2,1-2H3. The molecule has 27 heavy (non-hydrogen) atoms. The molecule has 0 atom stereocenters. The maximum Gasteiger partial charge on any atom is 0.310 e. The summed E-state index contributed by atoms with van der Waals surface area (Å²) in [5.74, 6) is -0.193. The highest BCUT2D eigenvalue weighted by Crippen LogP contribution is 2.23. The molecule has 0 saturated heterocycles. The minimum Gasteiger partial charge on any atom is -0.466 e. The Bertz CT molecular complexity index is 935. The second kappa shape index (κ2) is 8.83. The van der Waals surface area contributed by atoms with E-state index in [0.717, 1.165) is 28.9 Å². The van der Waals surface area contributed by atoms with E-state index in [9.17, 15) is 4.79 Å². The van der Waals surface area contributed by atoms with E-state index in [1.807, 2.05) is 50.2 Å². The molecule has 1 heterocycles. The van der Waals surface area contributed by atoms with Crippen LogP contribution < -0.4 is 0 Å². The molecule has 0 spiro atoms. The summed E-state index contributed by atoms with van der Waals surface area (Å²) >= 11 is 6.11. The summed E-state index contributed by atoms with van der Waals surface area (Å²) < 4.78 is 4.99. The number of hydrogen-bond donors (Lipinski definition) is 0. The average molecular weight is 380 g/mol. The lowest BCUT2D eigenvalue weighted by atomic mass is 10.0. The Morgan fingerprint density at radius 1 is 1.00 bits per heavy atom. The van der Waals surface area contributed by atoms with Gasteiger partial charge >= 0.3 is 5.97 Å². The summed E-state index contributed by atoms with van der Waals surface area (Å²) in [7, 11) is 0. The Labute approximate surface area is 165 Å². The van der Waals surface area contributed by atoms with E-state index in [-0.39, 0.29) is 5.97 Å². The Kier molecular flexibility index (Phi) is 6.25. The van der Waals surface area contributed by atoms with E-state index in [0.29, 0.717) is 18.1 Å². The predicted octanol–water partition coefficient (Wildman–Crippen LogP) is 5.41. The normalized spacial score (nSPS) is 10.6. The van der Waals surface area contributed by atoms with Gasteiger partial charge in [0.15, 0.2) is 0 Å². The number of esters is 1. The van der Waals surface area contributed by atoms with Gasteiger partial charge in [-0.1, -0.05) is 48.0 Å². The number of carbonyl (C=O) groups excluding carboxylic acids is 1. The SMILES string of the molecule is CCOC(=O)Cc1ccc(Cc2cc(C)nc(-c3cccc(Cl)c3)c2)cc1. The highest BCUT2D eigenvalue weighted by Gasteiger charge is 2.07. The van der Waals surface area contributed by atoms with Crippen molar-refractivity contribution in [3.8, 4) is 11.3 Å². The van der Waals surface area contributed by atoms with E-state index in [4.69, 9.17) is 16.3 Å². The van der Waals surface area contributed by atoms with Gasteiger partial charge in [0, 0.05) is 16.3 Å². The van der Waals surface area contributed by atoms with Crippen molar-refractivity contribution in [2.75, 3.05) is 6.61 Å². The van der Waals surface area contributed by atoms with Crippen LogP contribution in [0.1, 0.15) is 29.3 Å². The highest BCUT2D eigenvalue weighted by atomic mass is 35.5. The first-order chi connectivity index (χ1) is 13.0. The summed E-state index contributed by atoms with van der Waals surface area (Å²) in [6.07, 6.45) is 1.11. The second-order valence-electron chi connectivity index (χ2n) is 6.49. The molecule has 0 unspecified atom stereocenters. The maximum atomic E-state index is 11.6. The molecule has 0 radical (unpaired) electrons. The van der Waals surface area contributed by atoms with Crippen LogP contribution in [0, 0.1) is 6.92 Å². The smallest absolute Gasteiger partial charge is 0.310 e. The molecular weight excluding hydrogens is 358 g/mol. The fraction of sp³-hybridized carbons (Fsp3) is 0.217. The molecule has 0 amide bonds. The predicted molar refractivity (Wildman–Crippen MR) is 109 cm³/mol. The fourth-order valence-electron chi connectivity index (χ4n) is 3.03. The number of nitrogens with zero attached hydrogens (tertiary/aromatic N) is 1. The number of halogens is 1. The number of ether oxygens (including phenoxy) is 1. The van der Waals surface area contributed by atoms with Crippen LogP contribution in [-0.2, 0) is 22.4 Å². The van der Waals surface area contributed by atoms with Gasteiger partial charge in [-0.15, -0.1) is 0 Å². The van der Waals surface area contributed by atoms with Crippen molar-refractivity contribution in [1.29, 1.82) is 0 Å². The Hall–Kier alpha value is -2.65. The van der Waals surface area contributed by atoms with Crippen molar-refractivity contribution < 1.29 is 9.53 Å². The first-order valence-corrected chi connectivity index (χ1v) is 9.38. The number of aryl methyl sites for hydroxylation is 1. The number of aromatic nitrogens is 1. The van der Waals surface area contributed by atoms with Crippen molar-refractivity contribution in [3.05, 3.63) is 88.1 Å². The van der Waals surface area contributed by atoms with Gasteiger partial charge in [-0.2, -0.15) is 0 Å². The van der Waals surface area contributed by atoms with Crippen molar-refractivity contribution in [1.82, 2.24) is 4.98 Å². The van der Waals surface area contributed by atoms with Crippen LogP contribution in [0.3, 0.4) is 0 Å². The monoisotopic (exact) mass is 379 g/mol. The summed E-state index contributed by atoms with van der Waals surface area (Å²) in [6, 6.07) is 20.0. The van der Waals surface area contributed by atoms with E-state index in [1.54, 1.807) is 0 Å². The van der Waals surface area contributed by atoms with E-state index in [1.165, 1.54) is 11.1 Å². The van der Waals surface area contributed by atoms with Crippen LogP contribution in [0.15, 0.2) is 60.7 Å². The number of rotatable bonds is 6. The zero-order chi connectivity index (χ0) is 19.2. The van der Waals surface area contributed by atoms with Crippen LogP contribution in [0.25, 0.3) is 11.3 Å². The molecule has 3 rings (SSSR count). The second-order valence-corrected chi connectivity index (χ2v) is 6.92. The topological polar surface area (TPSA) is 39.2 Å². The number of benzene rings is 2. The van der Waals surface area contributed by atoms with Crippen LogP contribution >= 0.6 is 11.6 Å². The molecule has 0 fully saturated rings. The molecule has 0 aliphatic heterocycles. The average Bonchev–Trinajstić information content (AvgIpc) is 2.63. The third-order valence-electron chi connectivity index (χ3n) is 4.22. The molecule has 0 saturated carbocycles. The quantitative estimate of drug-likeness (QED) is 0.538. The van der Waals surface area contributed by atoms with Gasteiger partial charge in [0.2, 0.25) is 0 Å². The molecular formula is C23H22ClNO2. The zero-order valence-corrected chi connectivity index (χ0v) is 16.3. The Morgan fingerprint density at radius 2 is 1.74 bits per heavy atom. The molecule has 0 N–H and O–H groups in total. The van der Waals surface area contributed by atoms with Gasteiger partial charge in [0.25, 0.3) is 0 Å². The molecule has 2 aromatic carbocycles. The van der Waals surface area contributed by atoms with Gasteiger partial charge in [-0.05, 0) is 61.2 Å². The van der Waals surface area contributed by atoms with Gasteiger partial charge in [0.1, 0.15) is 0 Å². The largest absolute Gasteiger partial charge is 0.466 e. The van der Waals surface area contributed by atoms with E-state index < -0.39 is 0 Å². The molecule has 4 heteroatoms. The number of hydrogen-bond acceptors (Lipinski definition) is 3. The van der Waals surface area contributed by atoms with Gasteiger partial charge in [-0.25, -0.2) is 0 Å². The Balaban J connectivity index is 1.76. The number of pyridine rings is 1. The molecule has 0 aliphatic rings. The summed E-state index contributed by atoms with van der Waals surface area (Å²) in [5, 5.41) is 0.703. The first-order valence-electron chi connectivity index (χ1n) is 9.00. The first kappa shape index (κ1) is 19.1. The van der Waals surface area contributed by atoms with Gasteiger partial charge < -0.3 is 4.74 Å². The lowest BCUT2D eigenvalue weighted by molar-refractivity contribution is -0.142. The summed E-state index contributed by atoms with van der Waals surface area (Å²) in [4.78, 5) is 16.2. The third-order valence-corrected chi connectivity index (χ3v) is 4.45. The molecule has 3 aromatic rings. The van der Waals surface area contributed by atoms with Crippen molar-refractivity contribution in [3.63, 3.8) is 0 Å². The van der Waals surface area contributed by atoms with Gasteiger partial charge in [0.05, 0.1) is 18.7 Å².